The molecule has 3 rings (SSSR count). The van der Waals surface area contributed by atoms with E-state index in [2.05, 4.69) is 22.5 Å². The van der Waals surface area contributed by atoms with Gasteiger partial charge < -0.3 is 20.1 Å². The first kappa shape index (κ1) is 40.5. The molecule has 6 heteroatoms. The van der Waals surface area contributed by atoms with Crippen molar-refractivity contribution in [3.05, 3.63) is 59.7 Å². The fourth-order valence-corrected chi connectivity index (χ4v) is 6.61. The lowest BCUT2D eigenvalue weighted by molar-refractivity contribution is -0.125. The van der Waals surface area contributed by atoms with Crippen molar-refractivity contribution in [2.75, 3.05) is 13.2 Å². The summed E-state index contributed by atoms with van der Waals surface area (Å²) in [5.41, 5.74) is 1.74. The van der Waals surface area contributed by atoms with Crippen molar-refractivity contribution in [2.24, 2.45) is 0 Å². The van der Waals surface area contributed by atoms with Crippen LogP contribution in [0, 0.1) is 24.7 Å². The molecule has 1 saturated carbocycles. The Morgan fingerprint density at radius 3 is 1.18 bits per heavy atom. The molecule has 1 aliphatic carbocycles. The highest BCUT2D eigenvalue weighted by Crippen LogP contribution is 2.20. The summed E-state index contributed by atoms with van der Waals surface area (Å²) < 4.78 is 11.6. The Labute approximate surface area is 303 Å². The number of benzene rings is 2. The maximum Gasteiger partial charge on any atom is 0.220 e. The number of hydrogen-bond acceptors (Lipinski definition) is 4. The van der Waals surface area contributed by atoms with E-state index in [1.54, 1.807) is 0 Å². The zero-order valence-electron chi connectivity index (χ0n) is 30.5. The molecule has 2 N–H and O–H groups in total. The lowest BCUT2D eigenvalue weighted by Gasteiger charge is -2.33. The minimum absolute atomic E-state index is 0.0610. The molecule has 0 unspecified atom stereocenters. The average molecular weight is 683 g/mol. The lowest BCUT2D eigenvalue weighted by Crippen LogP contribution is -2.53. The molecule has 0 bridgehead atoms. The second kappa shape index (κ2) is 26.0. The van der Waals surface area contributed by atoms with Crippen LogP contribution in [0.5, 0.6) is 11.5 Å². The van der Waals surface area contributed by atoms with Crippen molar-refractivity contribution < 1.29 is 19.1 Å². The number of carbonyl (C=O) groups excluding carboxylic acids is 2. The van der Waals surface area contributed by atoms with Crippen molar-refractivity contribution in [3.63, 3.8) is 0 Å². The third-order valence-corrected chi connectivity index (χ3v) is 9.63. The van der Waals surface area contributed by atoms with Crippen LogP contribution in [0.15, 0.2) is 48.5 Å². The lowest BCUT2D eigenvalue weighted by atomic mass is 9.90. The molecule has 0 spiro atoms. The molecule has 50 heavy (non-hydrogen) atoms. The van der Waals surface area contributed by atoms with E-state index < -0.39 is 0 Å². The van der Waals surface area contributed by atoms with E-state index in [1.165, 1.54) is 64.2 Å². The molecule has 2 aromatic carbocycles. The van der Waals surface area contributed by atoms with E-state index in [9.17, 15) is 9.59 Å². The minimum atomic E-state index is 0.0610. The summed E-state index contributed by atoms with van der Waals surface area (Å²) in [4.78, 5) is 25.4. The summed E-state index contributed by atoms with van der Waals surface area (Å²) in [6.07, 6.45) is 34.2. The van der Waals surface area contributed by atoms with Gasteiger partial charge in [-0.05, 0) is 87.1 Å². The normalized spacial score (nSPS) is 15.4. The molecule has 1 fully saturated rings. The monoisotopic (exact) mass is 682 g/mol. The van der Waals surface area contributed by atoms with Crippen molar-refractivity contribution in [2.45, 2.75) is 153 Å². The SMILES string of the molecule is C#Cc1ccc(OCCCCCCCCCCC(=O)N[C@@H]2CCCC[C@H]2NC(=O)CCCCCCCCCCOc2ccc(C#C)cc2)cc1. The first-order valence-electron chi connectivity index (χ1n) is 19.5. The molecule has 6 nitrogen and oxygen atoms in total. The first-order chi connectivity index (χ1) is 24.6. The Morgan fingerprint density at radius 1 is 0.520 bits per heavy atom. The molecule has 2 atom stereocenters. The molecular formula is C44H62N2O4. The molecule has 2 amide bonds. The second-order valence-corrected chi connectivity index (χ2v) is 13.8. The van der Waals surface area contributed by atoms with E-state index in [1.807, 2.05) is 48.5 Å². The van der Waals surface area contributed by atoms with Crippen LogP contribution in [-0.4, -0.2) is 37.1 Å². The molecule has 1 aliphatic rings. The highest BCUT2D eigenvalue weighted by Gasteiger charge is 2.27. The molecule has 0 aromatic heterocycles. The van der Waals surface area contributed by atoms with Crippen LogP contribution in [0.4, 0.5) is 0 Å². The van der Waals surface area contributed by atoms with E-state index in [-0.39, 0.29) is 23.9 Å². The van der Waals surface area contributed by atoms with Gasteiger partial charge >= 0.3 is 0 Å². The zero-order valence-corrected chi connectivity index (χ0v) is 30.5. The highest BCUT2D eigenvalue weighted by molar-refractivity contribution is 5.77. The number of hydrogen-bond donors (Lipinski definition) is 2. The summed E-state index contributed by atoms with van der Waals surface area (Å²) in [6, 6.07) is 15.5. The topological polar surface area (TPSA) is 76.7 Å². The number of rotatable bonds is 26. The summed E-state index contributed by atoms with van der Waals surface area (Å²) in [7, 11) is 0. The fraction of sp³-hybridized carbons (Fsp3) is 0.591. The average Bonchev–Trinajstić information content (AvgIpc) is 3.14. The first-order valence-corrected chi connectivity index (χ1v) is 19.5. The maximum absolute atomic E-state index is 12.7. The summed E-state index contributed by atoms with van der Waals surface area (Å²) in [6.45, 7) is 1.47. The number of nitrogens with one attached hydrogen (secondary N) is 2. The maximum atomic E-state index is 12.7. The number of amides is 2. The number of unbranched alkanes of at least 4 members (excludes halogenated alkanes) is 14. The number of ether oxygens (including phenoxy) is 2. The van der Waals surface area contributed by atoms with Crippen molar-refractivity contribution >= 4 is 11.8 Å². The van der Waals surface area contributed by atoms with E-state index in [0.29, 0.717) is 12.8 Å². The fourth-order valence-electron chi connectivity index (χ4n) is 6.61. The van der Waals surface area contributed by atoms with E-state index >= 15 is 0 Å². The predicted molar refractivity (Wildman–Crippen MR) is 205 cm³/mol. The predicted octanol–water partition coefficient (Wildman–Crippen LogP) is 9.67. The molecule has 0 heterocycles. The summed E-state index contributed by atoms with van der Waals surface area (Å²) in [5.74, 6) is 7.25. The Bertz CT molecular complexity index is 1190. The summed E-state index contributed by atoms with van der Waals surface area (Å²) >= 11 is 0. The standard InChI is InChI=1S/C44H62N2O4/c1-3-37-27-31-39(32-28-37)49-35-21-15-11-7-5-9-13-17-25-43(47)45-41-23-19-20-24-42(41)46-44(48)26-18-14-10-6-8-12-16-22-36-50-40-33-29-38(4-2)30-34-40/h1-2,27-34,41-42H,5-26,35-36H2,(H,45,47)(H,46,48)/t41-,42-/m1/s1. The van der Waals surface area contributed by atoms with Crippen LogP contribution in [0.25, 0.3) is 0 Å². The molecule has 0 radical (unpaired) electrons. The van der Waals surface area contributed by atoms with Crippen LogP contribution < -0.4 is 20.1 Å². The third-order valence-electron chi connectivity index (χ3n) is 9.63. The third kappa shape index (κ3) is 18.2. The molecule has 2 aromatic rings. The van der Waals surface area contributed by atoms with Crippen LogP contribution in [0.1, 0.15) is 152 Å². The smallest absolute Gasteiger partial charge is 0.220 e. The van der Waals surface area contributed by atoms with Gasteiger partial charge in [-0.3, -0.25) is 9.59 Å². The van der Waals surface area contributed by atoms with Crippen molar-refractivity contribution in [3.8, 4) is 36.2 Å². The van der Waals surface area contributed by atoms with Gasteiger partial charge in [0, 0.05) is 36.1 Å². The largest absolute Gasteiger partial charge is 0.494 e. The second-order valence-electron chi connectivity index (χ2n) is 13.8. The van der Waals surface area contributed by atoms with Gasteiger partial charge in [-0.15, -0.1) is 12.8 Å². The highest BCUT2D eigenvalue weighted by atomic mass is 16.5. The van der Waals surface area contributed by atoms with Gasteiger partial charge in [0.25, 0.3) is 0 Å². The van der Waals surface area contributed by atoms with Gasteiger partial charge in [-0.1, -0.05) is 102 Å². The van der Waals surface area contributed by atoms with E-state index in [4.69, 9.17) is 22.3 Å². The van der Waals surface area contributed by atoms with Gasteiger partial charge in [0.1, 0.15) is 11.5 Å². The van der Waals surface area contributed by atoms with Gasteiger partial charge in [0.15, 0.2) is 0 Å². The van der Waals surface area contributed by atoms with Crippen LogP contribution in [-0.2, 0) is 9.59 Å². The quantitative estimate of drug-likeness (QED) is 0.0765. The van der Waals surface area contributed by atoms with Crippen molar-refractivity contribution in [1.82, 2.24) is 10.6 Å². The molecule has 0 aliphatic heterocycles. The van der Waals surface area contributed by atoms with Crippen LogP contribution in [0.3, 0.4) is 0 Å². The zero-order chi connectivity index (χ0) is 35.5. The Morgan fingerprint density at radius 2 is 0.840 bits per heavy atom. The Kier molecular flexibility index (Phi) is 21.1. The van der Waals surface area contributed by atoms with Gasteiger partial charge in [-0.25, -0.2) is 0 Å². The summed E-state index contributed by atoms with van der Waals surface area (Å²) in [5, 5.41) is 6.51. The number of terminal acetylenes is 2. The number of carbonyl (C=O) groups is 2. The van der Waals surface area contributed by atoms with Crippen LogP contribution >= 0.6 is 0 Å². The molecule has 0 saturated heterocycles. The van der Waals surface area contributed by atoms with Gasteiger partial charge in [0.2, 0.25) is 11.8 Å². The molecule has 272 valence electrons. The Balaban J connectivity index is 1.11. The van der Waals surface area contributed by atoms with Crippen molar-refractivity contribution in [1.29, 1.82) is 0 Å². The minimum Gasteiger partial charge on any atom is -0.494 e. The molecular weight excluding hydrogens is 620 g/mol. The van der Waals surface area contributed by atoms with Gasteiger partial charge in [0.05, 0.1) is 13.2 Å². The Hall–Kier alpha value is -3.90. The van der Waals surface area contributed by atoms with E-state index in [0.717, 1.165) is 100 Å². The van der Waals surface area contributed by atoms with Gasteiger partial charge in [-0.2, -0.15) is 0 Å². The van der Waals surface area contributed by atoms with Crippen LogP contribution in [0.2, 0.25) is 0 Å².